The van der Waals surface area contributed by atoms with E-state index in [1.165, 1.54) is 0 Å². The number of carbonyl (C=O) groups excluding carboxylic acids is 1. The summed E-state index contributed by atoms with van der Waals surface area (Å²) in [6.45, 7) is 2.21. The van der Waals surface area contributed by atoms with Crippen LogP contribution in [0.15, 0.2) is 30.3 Å². The number of amides is 1. The molecular weight excluding hydrogens is 250 g/mol. The first kappa shape index (κ1) is 12.9. The molecule has 4 heteroatoms. The molecule has 0 aliphatic heterocycles. The van der Waals surface area contributed by atoms with E-state index in [0.29, 0.717) is 11.6 Å². The van der Waals surface area contributed by atoms with Gasteiger partial charge in [0.05, 0.1) is 11.1 Å². The maximum absolute atomic E-state index is 12.5. The highest BCUT2D eigenvalue weighted by molar-refractivity contribution is 6.07. The van der Waals surface area contributed by atoms with Crippen molar-refractivity contribution in [2.24, 2.45) is 5.92 Å². The average Bonchev–Trinajstić information content (AvgIpc) is 2.44. The van der Waals surface area contributed by atoms with Crippen LogP contribution in [0.4, 0.5) is 5.82 Å². The number of anilines is 1. The van der Waals surface area contributed by atoms with Crippen molar-refractivity contribution in [2.45, 2.75) is 25.8 Å². The molecule has 104 valence electrons. The summed E-state index contributed by atoms with van der Waals surface area (Å²) in [5.74, 6) is 1.44. The third kappa shape index (κ3) is 2.33. The van der Waals surface area contributed by atoms with Gasteiger partial charge in [-0.3, -0.25) is 4.79 Å². The predicted molar refractivity (Wildman–Crippen MR) is 80.9 cm³/mol. The summed E-state index contributed by atoms with van der Waals surface area (Å²) in [6, 6.07) is 9.88. The van der Waals surface area contributed by atoms with Gasteiger partial charge in [0, 0.05) is 18.5 Å². The largest absolute Gasteiger partial charge is 0.373 e. The van der Waals surface area contributed by atoms with E-state index in [1.54, 1.807) is 0 Å². The van der Waals surface area contributed by atoms with Crippen LogP contribution in [-0.2, 0) is 0 Å². The number of hydrogen-bond acceptors (Lipinski definition) is 3. The molecule has 0 spiro atoms. The van der Waals surface area contributed by atoms with Crippen LogP contribution in [-0.4, -0.2) is 24.0 Å². The maximum Gasteiger partial charge on any atom is 0.252 e. The Morgan fingerprint density at radius 1 is 1.30 bits per heavy atom. The van der Waals surface area contributed by atoms with Crippen LogP contribution in [0.1, 0.15) is 30.1 Å². The van der Waals surface area contributed by atoms with Gasteiger partial charge in [0.1, 0.15) is 5.82 Å². The first-order valence-corrected chi connectivity index (χ1v) is 7.06. The lowest BCUT2D eigenvalue weighted by molar-refractivity contribution is 0.0898. The van der Waals surface area contributed by atoms with Crippen LogP contribution >= 0.6 is 0 Å². The number of carbonyl (C=O) groups is 1. The van der Waals surface area contributed by atoms with Gasteiger partial charge in [-0.05, 0) is 30.9 Å². The number of pyridine rings is 1. The van der Waals surface area contributed by atoms with Crippen molar-refractivity contribution in [3.05, 3.63) is 35.9 Å². The van der Waals surface area contributed by atoms with Crippen molar-refractivity contribution in [1.29, 1.82) is 0 Å². The van der Waals surface area contributed by atoms with Crippen LogP contribution in [0.2, 0.25) is 0 Å². The second kappa shape index (κ2) is 5.12. The molecule has 0 radical (unpaired) electrons. The Hall–Kier alpha value is -2.10. The third-order valence-electron chi connectivity index (χ3n) is 3.93. The van der Waals surface area contributed by atoms with Gasteiger partial charge in [-0.25, -0.2) is 4.98 Å². The maximum atomic E-state index is 12.5. The second-order valence-corrected chi connectivity index (χ2v) is 5.57. The Balaban J connectivity index is 1.94. The first-order chi connectivity index (χ1) is 9.67. The van der Waals surface area contributed by atoms with Crippen LogP contribution in [0.25, 0.3) is 10.9 Å². The van der Waals surface area contributed by atoms with E-state index in [4.69, 9.17) is 0 Å². The Kier molecular flexibility index (Phi) is 3.30. The number of benzene rings is 1. The Bertz CT molecular complexity index is 647. The van der Waals surface area contributed by atoms with E-state index in [1.807, 2.05) is 37.4 Å². The average molecular weight is 269 g/mol. The third-order valence-corrected chi connectivity index (χ3v) is 3.93. The standard InChI is InChI=1S/C16H19N3O/c1-10-7-11(8-10)18-16(20)13-9-15(17-2)19-14-6-4-3-5-12(13)14/h3-6,9-11H,7-8H2,1-2H3,(H,17,19)(H,18,20). The molecule has 0 unspecified atom stereocenters. The van der Waals surface area contributed by atoms with Gasteiger partial charge in [-0.2, -0.15) is 0 Å². The van der Waals surface area contributed by atoms with E-state index in [2.05, 4.69) is 22.5 Å². The van der Waals surface area contributed by atoms with E-state index in [9.17, 15) is 4.79 Å². The topological polar surface area (TPSA) is 54.0 Å². The van der Waals surface area contributed by atoms with Crippen LogP contribution in [0.5, 0.6) is 0 Å². The fraction of sp³-hybridized carbons (Fsp3) is 0.375. The van der Waals surface area contributed by atoms with Gasteiger partial charge in [0.2, 0.25) is 0 Å². The molecule has 1 saturated carbocycles. The van der Waals surface area contributed by atoms with Crippen molar-refractivity contribution < 1.29 is 4.79 Å². The van der Waals surface area contributed by atoms with E-state index in [0.717, 1.165) is 35.5 Å². The summed E-state index contributed by atoms with van der Waals surface area (Å²) in [5.41, 5.74) is 1.53. The minimum Gasteiger partial charge on any atom is -0.373 e. The fourth-order valence-electron chi connectivity index (χ4n) is 2.77. The predicted octanol–water partition coefficient (Wildman–Crippen LogP) is 2.80. The van der Waals surface area contributed by atoms with Gasteiger partial charge >= 0.3 is 0 Å². The molecule has 20 heavy (non-hydrogen) atoms. The summed E-state index contributed by atoms with van der Waals surface area (Å²) in [4.78, 5) is 16.9. The van der Waals surface area contributed by atoms with E-state index < -0.39 is 0 Å². The highest BCUT2D eigenvalue weighted by atomic mass is 16.1. The zero-order chi connectivity index (χ0) is 14.1. The Morgan fingerprint density at radius 3 is 2.75 bits per heavy atom. The summed E-state index contributed by atoms with van der Waals surface area (Å²) in [5, 5.41) is 7.02. The monoisotopic (exact) mass is 269 g/mol. The molecule has 1 aromatic carbocycles. The summed E-state index contributed by atoms with van der Waals surface area (Å²) < 4.78 is 0. The molecule has 1 fully saturated rings. The Labute approximate surface area is 118 Å². The van der Waals surface area contributed by atoms with Crippen molar-refractivity contribution in [2.75, 3.05) is 12.4 Å². The molecule has 1 amide bonds. The molecule has 2 N–H and O–H groups in total. The van der Waals surface area contributed by atoms with Gasteiger partial charge in [0.15, 0.2) is 0 Å². The van der Waals surface area contributed by atoms with Crippen molar-refractivity contribution >= 4 is 22.6 Å². The first-order valence-electron chi connectivity index (χ1n) is 7.06. The number of aromatic nitrogens is 1. The smallest absolute Gasteiger partial charge is 0.252 e. The highest BCUT2D eigenvalue weighted by Gasteiger charge is 2.27. The van der Waals surface area contributed by atoms with Crippen LogP contribution < -0.4 is 10.6 Å². The molecule has 1 aliphatic rings. The van der Waals surface area contributed by atoms with Crippen molar-refractivity contribution in [3.63, 3.8) is 0 Å². The molecule has 1 heterocycles. The molecule has 0 bridgehead atoms. The molecule has 1 aromatic heterocycles. The van der Waals surface area contributed by atoms with Gasteiger partial charge < -0.3 is 10.6 Å². The van der Waals surface area contributed by atoms with Gasteiger partial charge in [-0.1, -0.05) is 25.1 Å². The number of rotatable bonds is 3. The zero-order valence-electron chi connectivity index (χ0n) is 11.8. The second-order valence-electron chi connectivity index (χ2n) is 5.57. The lowest BCUT2D eigenvalue weighted by Crippen LogP contribution is -2.43. The molecular formula is C16H19N3O. The highest BCUT2D eigenvalue weighted by Crippen LogP contribution is 2.27. The molecule has 0 saturated heterocycles. The molecule has 4 nitrogen and oxygen atoms in total. The number of hydrogen-bond donors (Lipinski definition) is 2. The number of nitrogens with one attached hydrogen (secondary N) is 2. The summed E-state index contributed by atoms with van der Waals surface area (Å²) in [7, 11) is 1.81. The number of fused-ring (bicyclic) bond motifs is 1. The number of para-hydroxylation sites is 1. The number of nitrogens with zero attached hydrogens (tertiary/aromatic N) is 1. The van der Waals surface area contributed by atoms with Gasteiger partial charge in [0.25, 0.3) is 5.91 Å². The Morgan fingerprint density at radius 2 is 2.05 bits per heavy atom. The fourth-order valence-corrected chi connectivity index (χ4v) is 2.77. The summed E-state index contributed by atoms with van der Waals surface area (Å²) >= 11 is 0. The van der Waals surface area contributed by atoms with Crippen molar-refractivity contribution in [3.8, 4) is 0 Å². The lowest BCUT2D eigenvalue weighted by atomic mass is 9.82. The molecule has 1 aliphatic carbocycles. The molecule has 2 aromatic rings. The minimum atomic E-state index is -0.00278. The lowest BCUT2D eigenvalue weighted by Gasteiger charge is -2.33. The van der Waals surface area contributed by atoms with Crippen LogP contribution in [0.3, 0.4) is 0 Å². The molecule has 3 rings (SSSR count). The van der Waals surface area contributed by atoms with E-state index in [-0.39, 0.29) is 5.91 Å². The summed E-state index contributed by atoms with van der Waals surface area (Å²) in [6.07, 6.45) is 2.15. The van der Waals surface area contributed by atoms with Crippen molar-refractivity contribution in [1.82, 2.24) is 10.3 Å². The van der Waals surface area contributed by atoms with E-state index >= 15 is 0 Å². The quantitative estimate of drug-likeness (QED) is 0.901. The zero-order valence-corrected chi connectivity index (χ0v) is 11.8. The molecule has 0 atom stereocenters. The van der Waals surface area contributed by atoms with Crippen LogP contribution in [0, 0.1) is 5.92 Å². The normalized spacial score (nSPS) is 21.3. The SMILES string of the molecule is CNc1cc(C(=O)NC2CC(C)C2)c2ccccc2n1. The van der Waals surface area contributed by atoms with Gasteiger partial charge in [-0.15, -0.1) is 0 Å². The minimum absolute atomic E-state index is 0.00278.